The third-order valence-electron chi connectivity index (χ3n) is 4.79. The number of nitrogens with zero attached hydrogens (tertiary/aromatic N) is 3. The van der Waals surface area contributed by atoms with Gasteiger partial charge in [-0.1, -0.05) is 18.2 Å². The van der Waals surface area contributed by atoms with Gasteiger partial charge in [-0.3, -0.25) is 10.1 Å². The fraction of sp³-hybridized carbons (Fsp3) is 0.316. The Morgan fingerprint density at radius 3 is 2.50 bits per heavy atom. The molecule has 26 heavy (non-hydrogen) atoms. The predicted octanol–water partition coefficient (Wildman–Crippen LogP) is 3.73. The normalized spacial score (nSPS) is 14.2. The van der Waals surface area contributed by atoms with Gasteiger partial charge in [0.1, 0.15) is 0 Å². The molecule has 2 aromatic rings. The maximum atomic E-state index is 10.9. The third kappa shape index (κ3) is 3.94. The van der Waals surface area contributed by atoms with Crippen LogP contribution in [0.15, 0.2) is 42.5 Å². The summed E-state index contributed by atoms with van der Waals surface area (Å²) < 4.78 is 0. The van der Waals surface area contributed by atoms with Gasteiger partial charge in [0.2, 0.25) is 0 Å². The lowest BCUT2D eigenvalue weighted by Gasteiger charge is -2.38. The van der Waals surface area contributed by atoms with Gasteiger partial charge in [-0.05, 0) is 49.3 Å². The lowest BCUT2D eigenvalue weighted by molar-refractivity contribution is -0.384. The molecule has 0 bridgehead atoms. The second-order valence-electron chi connectivity index (χ2n) is 6.43. The number of nitro groups is 1. The Morgan fingerprint density at radius 2 is 1.81 bits per heavy atom. The van der Waals surface area contributed by atoms with Crippen LogP contribution in [-0.4, -0.2) is 41.1 Å². The van der Waals surface area contributed by atoms with Gasteiger partial charge in [0.15, 0.2) is 5.11 Å². The standard InChI is InChI=1S/C19H22N4O2S/c1-14-5-3-8-18(15(14)2)21-9-11-22(12-10-21)19(26)20-16-6-4-7-17(13-16)23(24)25/h3-8,13H,9-12H2,1-2H3,(H,20,26). The van der Waals surface area contributed by atoms with E-state index >= 15 is 0 Å². The van der Waals surface area contributed by atoms with E-state index in [0.717, 1.165) is 26.2 Å². The molecule has 1 N–H and O–H groups in total. The zero-order valence-corrected chi connectivity index (χ0v) is 15.8. The number of non-ortho nitro benzene ring substituents is 1. The summed E-state index contributed by atoms with van der Waals surface area (Å²) in [4.78, 5) is 15.0. The SMILES string of the molecule is Cc1cccc(N2CCN(C(=S)Nc3cccc([N+](=O)[O-])c3)CC2)c1C. The zero-order chi connectivity index (χ0) is 18.7. The van der Waals surface area contributed by atoms with Crippen molar-refractivity contribution in [1.29, 1.82) is 0 Å². The highest BCUT2D eigenvalue weighted by Crippen LogP contribution is 2.24. The van der Waals surface area contributed by atoms with Gasteiger partial charge in [-0.25, -0.2) is 0 Å². The molecule has 6 nitrogen and oxygen atoms in total. The van der Waals surface area contributed by atoms with Crippen molar-refractivity contribution in [2.75, 3.05) is 36.4 Å². The van der Waals surface area contributed by atoms with E-state index in [1.165, 1.54) is 28.9 Å². The van der Waals surface area contributed by atoms with Gasteiger partial charge in [0.05, 0.1) is 4.92 Å². The average molecular weight is 370 g/mol. The van der Waals surface area contributed by atoms with Crippen LogP contribution >= 0.6 is 12.2 Å². The minimum atomic E-state index is -0.406. The molecule has 136 valence electrons. The first kappa shape index (κ1) is 18.1. The Morgan fingerprint density at radius 1 is 1.12 bits per heavy atom. The molecule has 7 heteroatoms. The Kier molecular flexibility index (Phi) is 5.37. The lowest BCUT2D eigenvalue weighted by Crippen LogP contribution is -2.50. The van der Waals surface area contributed by atoms with Crippen molar-refractivity contribution in [2.45, 2.75) is 13.8 Å². The molecule has 0 amide bonds. The molecule has 0 radical (unpaired) electrons. The summed E-state index contributed by atoms with van der Waals surface area (Å²) in [5.74, 6) is 0. The molecule has 0 aliphatic carbocycles. The largest absolute Gasteiger partial charge is 0.368 e. The number of rotatable bonds is 3. The molecule has 1 heterocycles. The third-order valence-corrected chi connectivity index (χ3v) is 5.15. The van der Waals surface area contributed by atoms with E-state index in [-0.39, 0.29) is 5.69 Å². The first-order valence-corrected chi connectivity index (χ1v) is 8.98. The van der Waals surface area contributed by atoms with E-state index < -0.39 is 4.92 Å². The summed E-state index contributed by atoms with van der Waals surface area (Å²) in [6.07, 6.45) is 0. The zero-order valence-electron chi connectivity index (χ0n) is 14.9. The minimum absolute atomic E-state index is 0.0533. The minimum Gasteiger partial charge on any atom is -0.368 e. The molecule has 2 aromatic carbocycles. The summed E-state index contributed by atoms with van der Waals surface area (Å²) in [6.45, 7) is 7.70. The monoisotopic (exact) mass is 370 g/mol. The topological polar surface area (TPSA) is 61.6 Å². The van der Waals surface area contributed by atoms with E-state index in [1.54, 1.807) is 12.1 Å². The van der Waals surface area contributed by atoms with Crippen LogP contribution in [0.2, 0.25) is 0 Å². The Bertz CT molecular complexity index is 832. The van der Waals surface area contributed by atoms with Crippen LogP contribution in [0.1, 0.15) is 11.1 Å². The van der Waals surface area contributed by atoms with Gasteiger partial charge < -0.3 is 15.1 Å². The maximum Gasteiger partial charge on any atom is 0.271 e. The van der Waals surface area contributed by atoms with Crippen molar-refractivity contribution in [3.8, 4) is 0 Å². The van der Waals surface area contributed by atoms with Crippen molar-refractivity contribution in [3.63, 3.8) is 0 Å². The quantitative estimate of drug-likeness (QED) is 0.505. The maximum absolute atomic E-state index is 10.9. The number of anilines is 2. The summed E-state index contributed by atoms with van der Waals surface area (Å²) in [7, 11) is 0. The van der Waals surface area contributed by atoms with Crippen molar-refractivity contribution in [3.05, 3.63) is 63.7 Å². The van der Waals surface area contributed by atoms with Crippen LogP contribution in [0.4, 0.5) is 17.1 Å². The second kappa shape index (κ2) is 7.70. The summed E-state index contributed by atoms with van der Waals surface area (Å²) in [6, 6.07) is 12.8. The van der Waals surface area contributed by atoms with Gasteiger partial charge >= 0.3 is 0 Å². The van der Waals surface area contributed by atoms with Crippen LogP contribution in [0.5, 0.6) is 0 Å². The average Bonchev–Trinajstić information content (AvgIpc) is 2.64. The molecule has 1 fully saturated rings. The number of hydrogen-bond acceptors (Lipinski definition) is 4. The molecule has 1 aliphatic heterocycles. The molecule has 0 spiro atoms. The van der Waals surface area contributed by atoms with E-state index in [2.05, 4.69) is 47.2 Å². The van der Waals surface area contributed by atoms with Gasteiger partial charge in [-0.2, -0.15) is 0 Å². The summed E-state index contributed by atoms with van der Waals surface area (Å²) >= 11 is 5.49. The van der Waals surface area contributed by atoms with Crippen molar-refractivity contribution < 1.29 is 4.92 Å². The fourth-order valence-corrected chi connectivity index (χ4v) is 3.43. The molecular weight excluding hydrogens is 348 g/mol. The Hall–Kier alpha value is -2.67. The summed E-state index contributed by atoms with van der Waals surface area (Å²) in [5.41, 5.74) is 4.59. The number of nitrogens with one attached hydrogen (secondary N) is 1. The number of aryl methyl sites for hydroxylation is 1. The second-order valence-corrected chi connectivity index (χ2v) is 6.82. The highest BCUT2D eigenvalue weighted by Gasteiger charge is 2.20. The molecule has 1 saturated heterocycles. The van der Waals surface area contributed by atoms with Crippen LogP contribution in [0.25, 0.3) is 0 Å². The van der Waals surface area contributed by atoms with E-state index in [4.69, 9.17) is 12.2 Å². The molecule has 0 atom stereocenters. The van der Waals surface area contributed by atoms with E-state index in [0.29, 0.717) is 10.8 Å². The van der Waals surface area contributed by atoms with Crippen LogP contribution < -0.4 is 10.2 Å². The van der Waals surface area contributed by atoms with Crippen LogP contribution in [0, 0.1) is 24.0 Å². The number of benzene rings is 2. The summed E-state index contributed by atoms with van der Waals surface area (Å²) in [5, 5.41) is 14.6. The highest BCUT2D eigenvalue weighted by molar-refractivity contribution is 7.80. The van der Waals surface area contributed by atoms with Gasteiger partial charge in [-0.15, -0.1) is 0 Å². The van der Waals surface area contributed by atoms with Crippen LogP contribution in [0.3, 0.4) is 0 Å². The van der Waals surface area contributed by atoms with Gasteiger partial charge in [0.25, 0.3) is 5.69 Å². The first-order valence-electron chi connectivity index (χ1n) is 8.57. The Labute approximate surface area is 158 Å². The number of nitro benzene ring substituents is 1. The molecular formula is C19H22N4O2S. The van der Waals surface area contributed by atoms with Crippen LogP contribution in [-0.2, 0) is 0 Å². The number of hydrogen-bond donors (Lipinski definition) is 1. The molecule has 0 saturated carbocycles. The highest BCUT2D eigenvalue weighted by atomic mass is 32.1. The van der Waals surface area contributed by atoms with Crippen molar-refractivity contribution in [2.24, 2.45) is 0 Å². The smallest absolute Gasteiger partial charge is 0.271 e. The molecule has 1 aliphatic rings. The number of thiocarbonyl (C=S) groups is 1. The number of piperazine rings is 1. The van der Waals surface area contributed by atoms with Crippen molar-refractivity contribution >= 4 is 34.4 Å². The van der Waals surface area contributed by atoms with E-state index in [9.17, 15) is 10.1 Å². The first-order chi connectivity index (χ1) is 12.5. The predicted molar refractivity (Wildman–Crippen MR) is 109 cm³/mol. The molecule has 0 aromatic heterocycles. The molecule has 3 rings (SSSR count). The van der Waals surface area contributed by atoms with E-state index in [1.807, 2.05) is 0 Å². The fourth-order valence-electron chi connectivity index (χ4n) is 3.13. The lowest BCUT2D eigenvalue weighted by atomic mass is 10.1. The van der Waals surface area contributed by atoms with Gasteiger partial charge in [0, 0.05) is 49.7 Å². The molecule has 0 unspecified atom stereocenters. The van der Waals surface area contributed by atoms with Crippen molar-refractivity contribution in [1.82, 2.24) is 4.90 Å². The Balaban J connectivity index is 1.61.